The summed E-state index contributed by atoms with van der Waals surface area (Å²) in [7, 11) is 0. The van der Waals surface area contributed by atoms with Gasteiger partial charge in [-0.3, -0.25) is 4.79 Å². The van der Waals surface area contributed by atoms with E-state index in [1.807, 2.05) is 54.6 Å². The lowest BCUT2D eigenvalue weighted by Crippen LogP contribution is -2.33. The van der Waals surface area contributed by atoms with Crippen LogP contribution in [-0.2, 0) is 4.79 Å². The maximum absolute atomic E-state index is 11.0. The molecule has 0 aliphatic heterocycles. The molecule has 2 N–H and O–H groups in total. The first kappa shape index (κ1) is 15.6. The zero-order valence-corrected chi connectivity index (χ0v) is 12.2. The summed E-state index contributed by atoms with van der Waals surface area (Å²) in [6.45, 7) is 1.22. The maximum Gasteiger partial charge on any atom is 0.246 e. The lowest BCUT2D eigenvalue weighted by Gasteiger charge is -2.06. The van der Waals surface area contributed by atoms with E-state index >= 15 is 0 Å². The van der Waals surface area contributed by atoms with Crippen molar-refractivity contribution in [3.8, 4) is 23.3 Å². The minimum atomic E-state index is -0.535. The highest BCUT2D eigenvalue weighted by atomic mass is 16.5. The van der Waals surface area contributed by atoms with Crippen LogP contribution >= 0.6 is 0 Å². The molecule has 4 heteroatoms. The number of carbonyl (C=O) groups is 1. The molecule has 1 amide bonds. The van der Waals surface area contributed by atoms with Crippen LogP contribution in [0.15, 0.2) is 54.6 Å². The Labute approximate surface area is 129 Å². The summed E-state index contributed by atoms with van der Waals surface area (Å²) in [5.41, 5.74) is 0.790. The van der Waals surface area contributed by atoms with Crippen LogP contribution in [0.1, 0.15) is 12.5 Å². The summed E-state index contributed by atoms with van der Waals surface area (Å²) in [5.74, 6) is 6.90. The molecule has 0 aliphatic rings. The molecule has 0 aliphatic carbocycles. The van der Waals surface area contributed by atoms with Crippen LogP contribution in [0.25, 0.3) is 0 Å². The van der Waals surface area contributed by atoms with Crippen molar-refractivity contribution in [3.05, 3.63) is 60.2 Å². The largest absolute Gasteiger partial charge is 0.457 e. The van der Waals surface area contributed by atoms with Crippen LogP contribution in [0.2, 0.25) is 0 Å². The predicted molar refractivity (Wildman–Crippen MR) is 84.5 cm³/mol. The van der Waals surface area contributed by atoms with E-state index in [9.17, 15) is 4.79 Å². The van der Waals surface area contributed by atoms with Crippen LogP contribution in [0.5, 0.6) is 11.5 Å². The van der Waals surface area contributed by atoms with Crippen LogP contribution in [0.4, 0.5) is 0 Å². The first-order chi connectivity index (χ1) is 10.7. The Kier molecular flexibility index (Phi) is 5.58. The Bertz CT molecular complexity index is 686. The van der Waals surface area contributed by atoms with Gasteiger partial charge >= 0.3 is 0 Å². The Morgan fingerprint density at radius 3 is 2.64 bits per heavy atom. The number of hydrogen-bond acceptors (Lipinski definition) is 3. The van der Waals surface area contributed by atoms with Gasteiger partial charge in [0.05, 0.1) is 6.04 Å². The van der Waals surface area contributed by atoms with Crippen molar-refractivity contribution < 1.29 is 14.6 Å². The molecule has 4 nitrogen and oxygen atoms in total. The average Bonchev–Trinajstić information content (AvgIpc) is 2.54. The smallest absolute Gasteiger partial charge is 0.246 e. The SMILES string of the molecule is CC(C#Cc1cccc(Oc2ccccc2)c1)NC(=O)CO. The number of amides is 1. The van der Waals surface area contributed by atoms with E-state index in [0.29, 0.717) is 5.75 Å². The summed E-state index contributed by atoms with van der Waals surface area (Å²) in [6.07, 6.45) is 0. The van der Waals surface area contributed by atoms with Gasteiger partial charge in [-0.15, -0.1) is 0 Å². The molecule has 2 aromatic carbocycles. The number of para-hydroxylation sites is 1. The molecule has 0 fully saturated rings. The second kappa shape index (κ2) is 7.87. The number of aliphatic hydroxyl groups is 1. The van der Waals surface area contributed by atoms with Gasteiger partial charge in [0.25, 0.3) is 0 Å². The Balaban J connectivity index is 2.04. The highest BCUT2D eigenvalue weighted by Crippen LogP contribution is 2.21. The molecule has 112 valence electrons. The summed E-state index contributed by atoms with van der Waals surface area (Å²) in [5, 5.41) is 11.2. The molecular weight excluding hydrogens is 278 g/mol. The monoisotopic (exact) mass is 295 g/mol. The van der Waals surface area contributed by atoms with Crippen LogP contribution in [-0.4, -0.2) is 23.7 Å². The van der Waals surface area contributed by atoms with Gasteiger partial charge in [-0.1, -0.05) is 36.1 Å². The van der Waals surface area contributed by atoms with Gasteiger partial charge in [0.2, 0.25) is 5.91 Å². The first-order valence-electron chi connectivity index (χ1n) is 6.92. The van der Waals surface area contributed by atoms with E-state index in [1.54, 1.807) is 6.92 Å². The predicted octanol–water partition coefficient (Wildman–Crippen LogP) is 2.33. The third kappa shape index (κ3) is 4.97. The molecule has 0 aromatic heterocycles. The quantitative estimate of drug-likeness (QED) is 0.851. The molecule has 1 unspecified atom stereocenters. The molecule has 0 radical (unpaired) electrons. The van der Waals surface area contributed by atoms with Crippen LogP contribution in [0.3, 0.4) is 0 Å². The van der Waals surface area contributed by atoms with Crippen molar-refractivity contribution >= 4 is 5.91 Å². The zero-order valence-electron chi connectivity index (χ0n) is 12.2. The van der Waals surface area contributed by atoms with Crippen molar-refractivity contribution in [3.63, 3.8) is 0 Å². The van der Waals surface area contributed by atoms with Crippen molar-refractivity contribution in [1.29, 1.82) is 0 Å². The van der Waals surface area contributed by atoms with Crippen molar-refractivity contribution in [2.75, 3.05) is 6.61 Å². The van der Waals surface area contributed by atoms with Gasteiger partial charge in [-0.05, 0) is 37.3 Å². The molecule has 0 saturated carbocycles. The van der Waals surface area contributed by atoms with Crippen molar-refractivity contribution in [2.45, 2.75) is 13.0 Å². The summed E-state index contributed by atoms with van der Waals surface area (Å²) >= 11 is 0. The first-order valence-corrected chi connectivity index (χ1v) is 6.92. The second-order valence-corrected chi connectivity index (χ2v) is 4.66. The second-order valence-electron chi connectivity index (χ2n) is 4.66. The van der Waals surface area contributed by atoms with E-state index in [4.69, 9.17) is 9.84 Å². The fraction of sp³-hybridized carbons (Fsp3) is 0.167. The van der Waals surface area contributed by atoms with Crippen molar-refractivity contribution in [1.82, 2.24) is 5.32 Å². The summed E-state index contributed by atoms with van der Waals surface area (Å²) in [6, 6.07) is 16.6. The molecule has 0 spiro atoms. The van der Waals surface area contributed by atoms with E-state index in [1.165, 1.54) is 0 Å². The molecule has 0 bridgehead atoms. The highest BCUT2D eigenvalue weighted by Gasteiger charge is 2.02. The average molecular weight is 295 g/mol. The van der Waals surface area contributed by atoms with E-state index in [2.05, 4.69) is 17.2 Å². The van der Waals surface area contributed by atoms with Gasteiger partial charge < -0.3 is 15.2 Å². The lowest BCUT2D eigenvalue weighted by molar-refractivity contribution is -0.124. The van der Waals surface area contributed by atoms with Gasteiger partial charge in [-0.2, -0.15) is 0 Å². The third-order valence-electron chi connectivity index (χ3n) is 2.77. The van der Waals surface area contributed by atoms with Gasteiger partial charge in [-0.25, -0.2) is 0 Å². The Morgan fingerprint density at radius 2 is 1.91 bits per heavy atom. The van der Waals surface area contributed by atoms with E-state index < -0.39 is 12.5 Å². The number of aliphatic hydroxyl groups excluding tert-OH is 1. The normalized spacial score (nSPS) is 11.0. The fourth-order valence-corrected chi connectivity index (χ4v) is 1.78. The number of ether oxygens (including phenoxy) is 1. The maximum atomic E-state index is 11.0. The molecule has 0 saturated heterocycles. The number of carbonyl (C=O) groups excluding carboxylic acids is 1. The van der Waals surface area contributed by atoms with Gasteiger partial charge in [0, 0.05) is 5.56 Å². The van der Waals surface area contributed by atoms with E-state index in [0.717, 1.165) is 11.3 Å². The molecule has 1 atom stereocenters. The molecule has 22 heavy (non-hydrogen) atoms. The number of hydrogen-bond donors (Lipinski definition) is 2. The molecule has 2 aromatic rings. The minimum Gasteiger partial charge on any atom is -0.457 e. The van der Waals surface area contributed by atoms with Crippen LogP contribution < -0.4 is 10.1 Å². The molecule has 0 heterocycles. The standard InChI is InChI=1S/C18H17NO3/c1-14(19-18(21)13-20)10-11-15-6-5-9-17(12-15)22-16-7-3-2-4-8-16/h2-9,12,14,20H,13H2,1H3,(H,19,21). The highest BCUT2D eigenvalue weighted by molar-refractivity contribution is 5.77. The van der Waals surface area contributed by atoms with Crippen molar-refractivity contribution in [2.24, 2.45) is 0 Å². The van der Waals surface area contributed by atoms with E-state index in [-0.39, 0.29) is 6.04 Å². The van der Waals surface area contributed by atoms with Gasteiger partial charge in [0.1, 0.15) is 18.1 Å². The zero-order chi connectivity index (χ0) is 15.8. The summed E-state index contributed by atoms with van der Waals surface area (Å²) in [4.78, 5) is 11.0. The van der Waals surface area contributed by atoms with Gasteiger partial charge in [0.15, 0.2) is 0 Å². The molecule has 2 rings (SSSR count). The summed E-state index contributed by atoms with van der Waals surface area (Å²) < 4.78 is 5.74. The number of benzene rings is 2. The Hall–Kier alpha value is -2.77. The molecular formula is C18H17NO3. The van der Waals surface area contributed by atoms with Crippen LogP contribution in [0, 0.1) is 11.8 Å². The lowest BCUT2D eigenvalue weighted by atomic mass is 10.2. The number of rotatable bonds is 4. The Morgan fingerprint density at radius 1 is 1.18 bits per heavy atom. The topological polar surface area (TPSA) is 58.6 Å². The third-order valence-corrected chi connectivity index (χ3v) is 2.77. The number of nitrogens with one attached hydrogen (secondary N) is 1. The fourth-order valence-electron chi connectivity index (χ4n) is 1.78. The minimum absolute atomic E-state index is 0.335.